The van der Waals surface area contributed by atoms with Crippen LogP contribution in [-0.4, -0.2) is 23.5 Å². The molecule has 0 heterocycles. The van der Waals surface area contributed by atoms with Crippen LogP contribution in [0.3, 0.4) is 0 Å². The monoisotopic (exact) mass is 369 g/mol. The number of carbonyl (C=O) groups excluding carboxylic acids is 1. The van der Waals surface area contributed by atoms with Crippen LogP contribution in [-0.2, 0) is 11.2 Å². The first-order valence-corrected chi connectivity index (χ1v) is 8.10. The number of anilines is 1. The first-order valence-electron chi connectivity index (χ1n) is 7.72. The topological polar surface area (TPSA) is 102 Å². The maximum absolute atomic E-state index is 12.1. The lowest BCUT2D eigenvalue weighted by molar-refractivity contribution is -0.112. The largest absolute Gasteiger partial charge is 0.478 e. The number of amides is 1. The Morgan fingerprint density at radius 2 is 1.92 bits per heavy atom. The van der Waals surface area contributed by atoms with E-state index in [1.165, 1.54) is 24.4 Å². The van der Waals surface area contributed by atoms with Crippen LogP contribution in [0.5, 0.6) is 0 Å². The molecule has 2 aromatic carbocycles. The highest BCUT2D eigenvalue weighted by atomic mass is 35.5. The summed E-state index contributed by atoms with van der Waals surface area (Å²) in [5.41, 5.74) is 1.31. The second-order valence-electron chi connectivity index (χ2n) is 5.34. The second-order valence-corrected chi connectivity index (χ2v) is 5.78. The van der Waals surface area contributed by atoms with E-state index in [4.69, 9.17) is 22.0 Å². The van der Waals surface area contributed by atoms with Crippen LogP contribution in [0.2, 0.25) is 5.02 Å². The van der Waals surface area contributed by atoms with Gasteiger partial charge in [0, 0.05) is 23.5 Å². The summed E-state index contributed by atoms with van der Waals surface area (Å²) in [7, 11) is 0. The first kappa shape index (κ1) is 19.0. The van der Waals surface area contributed by atoms with Crippen molar-refractivity contribution in [3.05, 3.63) is 76.5 Å². The molecule has 0 aromatic heterocycles. The summed E-state index contributed by atoms with van der Waals surface area (Å²) >= 11 is 5.82. The van der Waals surface area contributed by atoms with Crippen LogP contribution < -0.4 is 10.6 Å². The van der Waals surface area contributed by atoms with E-state index in [1.54, 1.807) is 18.2 Å². The van der Waals surface area contributed by atoms with Crippen LogP contribution in [0.4, 0.5) is 5.69 Å². The molecule has 0 spiro atoms. The number of halogens is 1. The summed E-state index contributed by atoms with van der Waals surface area (Å²) in [6.45, 7) is 0.536. The molecule has 3 N–H and O–H groups in total. The van der Waals surface area contributed by atoms with Crippen LogP contribution in [0.1, 0.15) is 15.9 Å². The van der Waals surface area contributed by atoms with Gasteiger partial charge in [0.25, 0.3) is 5.91 Å². The van der Waals surface area contributed by atoms with Crippen molar-refractivity contribution in [3.63, 3.8) is 0 Å². The highest BCUT2D eigenvalue weighted by molar-refractivity contribution is 6.30. The van der Waals surface area contributed by atoms with Crippen molar-refractivity contribution >= 4 is 29.2 Å². The Bertz CT molecular complexity index is 870. The lowest BCUT2D eigenvalue weighted by Crippen LogP contribution is -2.18. The van der Waals surface area contributed by atoms with E-state index in [-0.39, 0.29) is 11.1 Å². The van der Waals surface area contributed by atoms with E-state index in [2.05, 4.69) is 10.6 Å². The molecule has 2 aromatic rings. The summed E-state index contributed by atoms with van der Waals surface area (Å²) in [4.78, 5) is 23.1. The number of benzene rings is 2. The fourth-order valence-corrected chi connectivity index (χ4v) is 2.24. The Labute approximate surface area is 155 Å². The quantitative estimate of drug-likeness (QED) is 0.395. The third-order valence-electron chi connectivity index (χ3n) is 3.45. The maximum atomic E-state index is 12.1. The van der Waals surface area contributed by atoms with Crippen molar-refractivity contribution < 1.29 is 14.7 Å². The predicted molar refractivity (Wildman–Crippen MR) is 98.9 cm³/mol. The van der Waals surface area contributed by atoms with E-state index in [0.717, 1.165) is 5.56 Å². The minimum Gasteiger partial charge on any atom is -0.478 e. The Hall–Kier alpha value is -3.30. The standard InChI is InChI=1S/C19H16ClN3O3/c20-16-6-4-13(5-7-16)8-9-22-12-15(11-21)18(24)23-17-3-1-2-14(10-17)19(25)26/h1-7,10,12,22H,8-9H2,(H,23,24)(H,25,26)/b15-12-. The number of hydrogen-bond acceptors (Lipinski definition) is 4. The minimum atomic E-state index is -1.10. The molecule has 0 unspecified atom stereocenters. The van der Waals surface area contributed by atoms with Gasteiger partial charge in [-0.05, 0) is 42.3 Å². The van der Waals surface area contributed by atoms with Gasteiger partial charge in [-0.2, -0.15) is 5.26 Å². The molecule has 0 atom stereocenters. The number of carboxylic acids is 1. The Morgan fingerprint density at radius 1 is 1.19 bits per heavy atom. The van der Waals surface area contributed by atoms with Gasteiger partial charge in [-0.1, -0.05) is 29.8 Å². The van der Waals surface area contributed by atoms with E-state index < -0.39 is 11.9 Å². The molecule has 0 aliphatic rings. The molecule has 26 heavy (non-hydrogen) atoms. The molecule has 0 aliphatic heterocycles. The molecule has 7 heteroatoms. The lowest BCUT2D eigenvalue weighted by atomic mass is 10.1. The van der Waals surface area contributed by atoms with Gasteiger partial charge in [0.05, 0.1) is 5.56 Å². The predicted octanol–water partition coefficient (Wildman–Crippen LogP) is 3.22. The SMILES string of the molecule is N#C/C(=C/NCCc1ccc(Cl)cc1)C(=O)Nc1cccc(C(=O)O)c1. The molecule has 0 bridgehead atoms. The van der Waals surface area contributed by atoms with Crippen molar-refractivity contribution in [3.8, 4) is 6.07 Å². The minimum absolute atomic E-state index is 0.0476. The van der Waals surface area contributed by atoms with E-state index in [9.17, 15) is 9.59 Å². The number of nitriles is 1. The molecule has 0 aliphatic carbocycles. The molecule has 132 valence electrons. The van der Waals surface area contributed by atoms with Crippen LogP contribution in [0, 0.1) is 11.3 Å². The number of hydrogen-bond donors (Lipinski definition) is 3. The highest BCUT2D eigenvalue weighted by Gasteiger charge is 2.10. The van der Waals surface area contributed by atoms with Crippen molar-refractivity contribution in [2.45, 2.75) is 6.42 Å². The summed E-state index contributed by atoms with van der Waals surface area (Å²) in [6, 6.07) is 15.0. The van der Waals surface area contributed by atoms with Gasteiger partial charge >= 0.3 is 5.97 Å². The number of rotatable bonds is 7. The van der Waals surface area contributed by atoms with Crippen molar-refractivity contribution in [1.29, 1.82) is 5.26 Å². The summed E-state index contributed by atoms with van der Waals surface area (Å²) in [5, 5.41) is 24.2. The number of aromatic carboxylic acids is 1. The van der Waals surface area contributed by atoms with Crippen LogP contribution >= 0.6 is 11.6 Å². The average molecular weight is 370 g/mol. The van der Waals surface area contributed by atoms with Gasteiger partial charge in [-0.15, -0.1) is 0 Å². The van der Waals surface area contributed by atoms with E-state index in [1.807, 2.05) is 18.2 Å². The maximum Gasteiger partial charge on any atom is 0.335 e. The van der Waals surface area contributed by atoms with Gasteiger partial charge in [-0.3, -0.25) is 4.79 Å². The lowest BCUT2D eigenvalue weighted by Gasteiger charge is -2.06. The highest BCUT2D eigenvalue weighted by Crippen LogP contribution is 2.12. The zero-order valence-corrected chi connectivity index (χ0v) is 14.5. The number of carbonyl (C=O) groups is 2. The van der Waals surface area contributed by atoms with E-state index in [0.29, 0.717) is 23.7 Å². The first-order chi connectivity index (χ1) is 12.5. The van der Waals surface area contributed by atoms with Gasteiger partial charge in [0.2, 0.25) is 0 Å². The number of carboxylic acid groups (broad SMARTS) is 1. The molecule has 6 nitrogen and oxygen atoms in total. The second kappa shape index (κ2) is 9.25. The van der Waals surface area contributed by atoms with E-state index >= 15 is 0 Å². The third-order valence-corrected chi connectivity index (χ3v) is 3.70. The Balaban J connectivity index is 1.92. The number of nitrogens with zero attached hydrogens (tertiary/aromatic N) is 1. The molecule has 1 amide bonds. The molecule has 0 fully saturated rings. The zero-order chi connectivity index (χ0) is 18.9. The smallest absolute Gasteiger partial charge is 0.335 e. The fraction of sp³-hybridized carbons (Fsp3) is 0.105. The molecule has 0 saturated heterocycles. The molecule has 0 radical (unpaired) electrons. The molecular formula is C19H16ClN3O3. The van der Waals surface area contributed by atoms with Gasteiger partial charge < -0.3 is 15.7 Å². The average Bonchev–Trinajstić information content (AvgIpc) is 2.63. The van der Waals surface area contributed by atoms with Gasteiger partial charge in [-0.25, -0.2) is 4.79 Å². The summed E-state index contributed by atoms with van der Waals surface area (Å²) < 4.78 is 0. The molecule has 0 saturated carbocycles. The van der Waals surface area contributed by atoms with Crippen LogP contribution in [0.25, 0.3) is 0 Å². The third kappa shape index (κ3) is 5.65. The van der Waals surface area contributed by atoms with Crippen LogP contribution in [0.15, 0.2) is 60.3 Å². The van der Waals surface area contributed by atoms with Crippen molar-refractivity contribution in [2.75, 3.05) is 11.9 Å². The Kier molecular flexibility index (Phi) is 6.77. The van der Waals surface area contributed by atoms with Gasteiger partial charge in [0.1, 0.15) is 11.6 Å². The molecular weight excluding hydrogens is 354 g/mol. The Morgan fingerprint density at radius 3 is 2.58 bits per heavy atom. The molecule has 2 rings (SSSR count). The van der Waals surface area contributed by atoms with Crippen molar-refractivity contribution in [2.24, 2.45) is 0 Å². The summed E-state index contributed by atoms with van der Waals surface area (Å²) in [6.07, 6.45) is 2.04. The van der Waals surface area contributed by atoms with Gasteiger partial charge in [0.15, 0.2) is 0 Å². The zero-order valence-electron chi connectivity index (χ0n) is 13.7. The van der Waals surface area contributed by atoms with Crippen molar-refractivity contribution in [1.82, 2.24) is 5.32 Å². The number of nitrogens with one attached hydrogen (secondary N) is 2. The summed E-state index contributed by atoms with van der Waals surface area (Å²) in [5.74, 6) is -1.71. The normalized spacial score (nSPS) is 10.7. The fourth-order valence-electron chi connectivity index (χ4n) is 2.12.